The number of nitrogens with one attached hydrogen (secondary N) is 1. The lowest BCUT2D eigenvalue weighted by molar-refractivity contribution is 0.0696. The minimum absolute atomic E-state index is 0.257. The maximum Gasteiger partial charge on any atom is 0.335 e. The van der Waals surface area contributed by atoms with Crippen molar-refractivity contribution in [2.75, 3.05) is 5.32 Å². The Morgan fingerprint density at radius 1 is 1.39 bits per heavy atom. The molecule has 2 rings (SSSR count). The standard InChI is InChI=1S/C13H14N2O2S/c1-8-5-10(13(16)17)6-12(15-8)14-7-11-4-3-9(2)18-11/h3-6H,7H2,1-2H3,(H,14,15)(H,16,17). The van der Waals surface area contributed by atoms with Crippen molar-refractivity contribution in [3.63, 3.8) is 0 Å². The Morgan fingerprint density at radius 3 is 2.78 bits per heavy atom. The minimum Gasteiger partial charge on any atom is -0.478 e. The zero-order valence-electron chi connectivity index (χ0n) is 10.2. The molecule has 0 saturated carbocycles. The number of hydrogen-bond acceptors (Lipinski definition) is 4. The lowest BCUT2D eigenvalue weighted by Crippen LogP contribution is -2.04. The molecule has 2 heterocycles. The van der Waals surface area contributed by atoms with Gasteiger partial charge in [-0.25, -0.2) is 9.78 Å². The first-order valence-corrected chi connectivity index (χ1v) is 6.37. The number of thiophene rings is 1. The van der Waals surface area contributed by atoms with Gasteiger partial charge in [0.1, 0.15) is 5.82 Å². The van der Waals surface area contributed by atoms with Crippen LogP contribution in [0, 0.1) is 13.8 Å². The highest BCUT2D eigenvalue weighted by molar-refractivity contribution is 7.11. The summed E-state index contributed by atoms with van der Waals surface area (Å²) in [6, 6.07) is 7.23. The summed E-state index contributed by atoms with van der Waals surface area (Å²) in [4.78, 5) is 17.7. The fourth-order valence-electron chi connectivity index (χ4n) is 1.64. The summed E-state index contributed by atoms with van der Waals surface area (Å²) in [5, 5.41) is 12.1. The van der Waals surface area contributed by atoms with Crippen molar-refractivity contribution in [1.82, 2.24) is 4.98 Å². The van der Waals surface area contributed by atoms with Crippen LogP contribution in [0.25, 0.3) is 0 Å². The van der Waals surface area contributed by atoms with Gasteiger partial charge in [-0.05, 0) is 38.1 Å². The van der Waals surface area contributed by atoms with E-state index in [1.165, 1.54) is 9.75 Å². The molecule has 0 fully saturated rings. The topological polar surface area (TPSA) is 62.2 Å². The SMILES string of the molecule is Cc1cc(C(=O)O)cc(NCc2ccc(C)s2)n1. The van der Waals surface area contributed by atoms with Gasteiger partial charge in [0.25, 0.3) is 0 Å². The predicted molar refractivity (Wildman–Crippen MR) is 72.3 cm³/mol. The third kappa shape index (κ3) is 3.07. The zero-order chi connectivity index (χ0) is 13.1. The number of carbonyl (C=O) groups is 1. The van der Waals surface area contributed by atoms with Crippen molar-refractivity contribution in [1.29, 1.82) is 0 Å². The molecule has 2 aromatic rings. The summed E-state index contributed by atoms with van der Waals surface area (Å²) in [5.74, 6) is -0.339. The smallest absolute Gasteiger partial charge is 0.335 e. The molecule has 0 atom stereocenters. The molecule has 4 nitrogen and oxygen atoms in total. The monoisotopic (exact) mass is 262 g/mol. The molecule has 0 spiro atoms. The Morgan fingerprint density at radius 2 is 2.17 bits per heavy atom. The quantitative estimate of drug-likeness (QED) is 0.889. The van der Waals surface area contributed by atoms with Crippen LogP contribution in [-0.4, -0.2) is 16.1 Å². The van der Waals surface area contributed by atoms with E-state index in [2.05, 4.69) is 29.4 Å². The van der Waals surface area contributed by atoms with Gasteiger partial charge in [0.2, 0.25) is 0 Å². The van der Waals surface area contributed by atoms with E-state index in [-0.39, 0.29) is 5.56 Å². The minimum atomic E-state index is -0.935. The second-order valence-electron chi connectivity index (χ2n) is 4.05. The van der Waals surface area contributed by atoms with E-state index < -0.39 is 5.97 Å². The third-order valence-electron chi connectivity index (χ3n) is 2.44. The van der Waals surface area contributed by atoms with E-state index in [1.54, 1.807) is 30.4 Å². The molecule has 0 unspecified atom stereocenters. The van der Waals surface area contributed by atoms with E-state index in [9.17, 15) is 4.79 Å². The molecule has 2 N–H and O–H groups in total. The van der Waals surface area contributed by atoms with Crippen molar-refractivity contribution in [3.8, 4) is 0 Å². The number of aromatic carboxylic acids is 1. The fraction of sp³-hybridized carbons (Fsp3) is 0.231. The lowest BCUT2D eigenvalue weighted by Gasteiger charge is -2.06. The summed E-state index contributed by atoms with van der Waals surface area (Å²) in [5.41, 5.74) is 0.951. The van der Waals surface area contributed by atoms with Crippen LogP contribution in [0.4, 0.5) is 5.82 Å². The summed E-state index contributed by atoms with van der Waals surface area (Å²) >= 11 is 1.72. The highest BCUT2D eigenvalue weighted by Crippen LogP contribution is 2.17. The molecule has 94 valence electrons. The number of aromatic nitrogens is 1. The number of carboxylic acid groups (broad SMARTS) is 1. The Bertz CT molecular complexity index is 578. The number of aryl methyl sites for hydroxylation is 2. The van der Waals surface area contributed by atoms with Crippen molar-refractivity contribution < 1.29 is 9.90 Å². The van der Waals surface area contributed by atoms with Crippen LogP contribution < -0.4 is 5.32 Å². The first-order valence-electron chi connectivity index (χ1n) is 5.56. The van der Waals surface area contributed by atoms with Gasteiger partial charge < -0.3 is 10.4 Å². The fourth-order valence-corrected chi connectivity index (χ4v) is 2.47. The van der Waals surface area contributed by atoms with Crippen molar-refractivity contribution in [3.05, 3.63) is 45.3 Å². The maximum atomic E-state index is 10.9. The Labute approximate surface area is 109 Å². The number of anilines is 1. The molecular formula is C13H14N2O2S. The van der Waals surface area contributed by atoms with Crippen LogP contribution in [-0.2, 0) is 6.54 Å². The van der Waals surface area contributed by atoms with Gasteiger partial charge in [-0.3, -0.25) is 0 Å². The Balaban J connectivity index is 2.11. The average Bonchev–Trinajstić information content (AvgIpc) is 2.72. The largest absolute Gasteiger partial charge is 0.478 e. The molecule has 0 aliphatic carbocycles. The highest BCUT2D eigenvalue weighted by Gasteiger charge is 2.06. The second-order valence-corrected chi connectivity index (χ2v) is 5.43. The highest BCUT2D eigenvalue weighted by atomic mass is 32.1. The van der Waals surface area contributed by atoms with Gasteiger partial charge in [-0.15, -0.1) is 11.3 Å². The summed E-state index contributed by atoms with van der Waals surface area (Å²) in [6.07, 6.45) is 0. The van der Waals surface area contributed by atoms with Gasteiger partial charge >= 0.3 is 5.97 Å². The van der Waals surface area contributed by atoms with Gasteiger partial charge in [0.05, 0.1) is 12.1 Å². The number of carboxylic acids is 1. The molecular weight excluding hydrogens is 248 g/mol. The van der Waals surface area contributed by atoms with Crippen molar-refractivity contribution >= 4 is 23.1 Å². The first kappa shape index (κ1) is 12.6. The van der Waals surface area contributed by atoms with Crippen molar-refractivity contribution in [2.24, 2.45) is 0 Å². The first-order chi connectivity index (χ1) is 8.54. The third-order valence-corrected chi connectivity index (χ3v) is 3.44. The summed E-state index contributed by atoms with van der Waals surface area (Å²) in [6.45, 7) is 4.50. The molecule has 0 aliphatic rings. The Kier molecular flexibility index (Phi) is 3.62. The lowest BCUT2D eigenvalue weighted by atomic mass is 10.2. The summed E-state index contributed by atoms with van der Waals surface area (Å²) < 4.78 is 0. The molecule has 0 radical (unpaired) electrons. The molecule has 0 amide bonds. The number of pyridine rings is 1. The van der Waals surface area contributed by atoms with Gasteiger partial charge in [-0.2, -0.15) is 0 Å². The average molecular weight is 262 g/mol. The molecule has 2 aromatic heterocycles. The van der Waals surface area contributed by atoms with E-state index in [4.69, 9.17) is 5.11 Å². The van der Waals surface area contributed by atoms with Crippen LogP contribution in [0.2, 0.25) is 0 Å². The second kappa shape index (κ2) is 5.18. The zero-order valence-corrected chi connectivity index (χ0v) is 11.0. The molecule has 0 aliphatic heterocycles. The molecule has 5 heteroatoms. The van der Waals surface area contributed by atoms with E-state index >= 15 is 0 Å². The number of rotatable bonds is 4. The van der Waals surface area contributed by atoms with E-state index in [0.29, 0.717) is 18.1 Å². The number of hydrogen-bond donors (Lipinski definition) is 2. The van der Waals surface area contributed by atoms with E-state index in [1.807, 2.05) is 0 Å². The van der Waals surface area contributed by atoms with Gasteiger partial charge in [0.15, 0.2) is 0 Å². The maximum absolute atomic E-state index is 10.9. The van der Waals surface area contributed by atoms with Crippen LogP contribution in [0.15, 0.2) is 24.3 Å². The predicted octanol–water partition coefficient (Wildman–Crippen LogP) is 3.07. The van der Waals surface area contributed by atoms with Crippen LogP contribution in [0.1, 0.15) is 25.8 Å². The Hall–Kier alpha value is -1.88. The molecule has 18 heavy (non-hydrogen) atoms. The van der Waals surface area contributed by atoms with Crippen molar-refractivity contribution in [2.45, 2.75) is 20.4 Å². The van der Waals surface area contributed by atoms with Gasteiger partial charge in [0, 0.05) is 15.4 Å². The molecule has 0 bridgehead atoms. The van der Waals surface area contributed by atoms with Crippen LogP contribution in [0.3, 0.4) is 0 Å². The molecule has 0 saturated heterocycles. The molecule has 0 aromatic carbocycles. The number of nitrogens with zero attached hydrogens (tertiary/aromatic N) is 1. The van der Waals surface area contributed by atoms with Gasteiger partial charge in [-0.1, -0.05) is 0 Å². The van der Waals surface area contributed by atoms with E-state index in [0.717, 1.165) is 0 Å². The summed E-state index contributed by atoms with van der Waals surface area (Å²) in [7, 11) is 0. The van der Waals surface area contributed by atoms with Crippen LogP contribution in [0.5, 0.6) is 0 Å². The normalized spacial score (nSPS) is 10.3. The van der Waals surface area contributed by atoms with Crippen LogP contribution >= 0.6 is 11.3 Å².